The number of hydrogen-bond acceptors (Lipinski definition) is 5. The fraction of sp³-hybridized carbons (Fsp3) is 0.192. The second kappa shape index (κ2) is 7.61. The van der Waals surface area contributed by atoms with Crippen molar-refractivity contribution in [3.8, 4) is 34.4 Å². The Bertz CT molecular complexity index is 1460. The summed E-state index contributed by atoms with van der Waals surface area (Å²) in [5, 5.41) is 18.6. The second-order valence-corrected chi connectivity index (χ2v) is 8.58. The van der Waals surface area contributed by atoms with Crippen molar-refractivity contribution in [2.24, 2.45) is 0 Å². The van der Waals surface area contributed by atoms with Gasteiger partial charge in [-0.3, -0.25) is 9.47 Å². The van der Waals surface area contributed by atoms with Crippen LogP contribution in [0.25, 0.3) is 28.3 Å². The summed E-state index contributed by atoms with van der Waals surface area (Å²) in [6.07, 6.45) is 4.81. The van der Waals surface area contributed by atoms with Crippen LogP contribution in [0.2, 0.25) is 0 Å². The molecule has 168 valence electrons. The van der Waals surface area contributed by atoms with Crippen molar-refractivity contribution in [2.45, 2.75) is 25.6 Å². The normalized spacial score (nSPS) is 18.5. The molecule has 2 aliphatic heterocycles. The van der Waals surface area contributed by atoms with Crippen LogP contribution in [-0.2, 0) is 11.3 Å². The number of nitrogens with zero attached hydrogens (tertiary/aromatic N) is 5. The first kappa shape index (κ1) is 20.3. The van der Waals surface area contributed by atoms with E-state index in [1.807, 2.05) is 55.6 Å². The highest BCUT2D eigenvalue weighted by atomic mass is 16.6. The quantitative estimate of drug-likeness (QED) is 0.448. The van der Waals surface area contributed by atoms with Gasteiger partial charge in [0.25, 0.3) is 0 Å². The number of ether oxygens (including phenoxy) is 1. The van der Waals surface area contributed by atoms with Crippen LogP contribution >= 0.6 is 0 Å². The van der Waals surface area contributed by atoms with Crippen molar-refractivity contribution in [1.82, 2.24) is 14.1 Å². The number of hydrogen-bond donors (Lipinski definition) is 1. The minimum Gasteiger partial charge on any atom is -0.441 e. The van der Waals surface area contributed by atoms with Crippen LogP contribution in [0.15, 0.2) is 67.1 Å². The van der Waals surface area contributed by atoms with Crippen LogP contribution in [0, 0.1) is 11.3 Å². The smallest absolute Gasteiger partial charge is 0.415 e. The third-order valence-electron chi connectivity index (χ3n) is 6.63. The molecule has 2 aliphatic rings. The van der Waals surface area contributed by atoms with Crippen LogP contribution in [0.1, 0.15) is 18.1 Å². The third kappa shape index (κ3) is 3.02. The zero-order valence-corrected chi connectivity index (χ0v) is 18.4. The predicted molar refractivity (Wildman–Crippen MR) is 126 cm³/mol. The maximum Gasteiger partial charge on any atom is 0.415 e. The minimum absolute atomic E-state index is 0.211. The molecule has 0 saturated carbocycles. The number of benzene rings is 2. The summed E-state index contributed by atoms with van der Waals surface area (Å²) in [6.45, 7) is 2.26. The van der Waals surface area contributed by atoms with Gasteiger partial charge in [-0.1, -0.05) is 12.1 Å². The number of carbonyl (C=O) groups is 1. The fourth-order valence-corrected chi connectivity index (χ4v) is 4.83. The summed E-state index contributed by atoms with van der Waals surface area (Å²) in [5.74, 6) is 0.834. The molecule has 0 spiro atoms. The predicted octanol–water partition coefficient (Wildman–Crippen LogP) is 3.95. The number of nitriles is 1. The number of amides is 1. The van der Waals surface area contributed by atoms with E-state index in [0.29, 0.717) is 12.1 Å². The molecule has 1 amide bonds. The number of cyclic esters (lactones) is 1. The van der Waals surface area contributed by atoms with E-state index in [1.165, 1.54) is 0 Å². The van der Waals surface area contributed by atoms with Gasteiger partial charge in [0.15, 0.2) is 5.82 Å². The zero-order chi connectivity index (χ0) is 23.4. The van der Waals surface area contributed by atoms with Gasteiger partial charge < -0.3 is 14.4 Å². The Labute approximate surface area is 195 Å². The lowest BCUT2D eigenvalue weighted by molar-refractivity contribution is 0.0853. The lowest BCUT2D eigenvalue weighted by Gasteiger charge is -2.21. The van der Waals surface area contributed by atoms with E-state index in [9.17, 15) is 9.90 Å². The van der Waals surface area contributed by atoms with Crippen LogP contribution < -0.4 is 4.90 Å². The van der Waals surface area contributed by atoms with Gasteiger partial charge >= 0.3 is 6.09 Å². The highest BCUT2D eigenvalue weighted by Crippen LogP contribution is 2.36. The van der Waals surface area contributed by atoms with E-state index in [0.717, 1.165) is 39.6 Å². The number of aromatic nitrogens is 3. The number of aliphatic hydroxyl groups is 1. The summed E-state index contributed by atoms with van der Waals surface area (Å²) < 4.78 is 9.54. The average Bonchev–Trinajstić information content (AvgIpc) is 3.55. The molecule has 8 heteroatoms. The fourth-order valence-electron chi connectivity index (χ4n) is 4.83. The van der Waals surface area contributed by atoms with E-state index >= 15 is 0 Å². The van der Waals surface area contributed by atoms with Crippen molar-refractivity contribution in [2.75, 3.05) is 11.5 Å². The molecule has 0 aliphatic carbocycles. The molecule has 0 bridgehead atoms. The summed E-state index contributed by atoms with van der Waals surface area (Å²) in [6, 6.07) is 17.4. The summed E-state index contributed by atoms with van der Waals surface area (Å²) in [7, 11) is 0. The largest absolute Gasteiger partial charge is 0.441 e. The SMILES string of the molecule is C[C@H]1[C@@H](CO)OC(=O)N1c1ccc2c(c1)Cn1cc(-c3ccc(C#N)cc3)cc1-c1nccn1-2. The van der Waals surface area contributed by atoms with E-state index in [2.05, 4.69) is 32.5 Å². The molecule has 6 rings (SSSR count). The van der Waals surface area contributed by atoms with Gasteiger partial charge in [0.1, 0.15) is 6.10 Å². The van der Waals surface area contributed by atoms with Gasteiger partial charge in [-0.25, -0.2) is 9.78 Å². The van der Waals surface area contributed by atoms with Crippen LogP contribution in [0.5, 0.6) is 0 Å². The molecule has 4 heterocycles. The molecule has 1 fully saturated rings. The van der Waals surface area contributed by atoms with E-state index in [-0.39, 0.29) is 12.6 Å². The van der Waals surface area contributed by atoms with Crippen molar-refractivity contribution in [3.05, 3.63) is 78.2 Å². The van der Waals surface area contributed by atoms with Crippen molar-refractivity contribution in [1.29, 1.82) is 5.26 Å². The lowest BCUT2D eigenvalue weighted by atomic mass is 10.1. The molecule has 1 N–H and O–H groups in total. The molecule has 34 heavy (non-hydrogen) atoms. The minimum atomic E-state index is -0.544. The Morgan fingerprint density at radius 2 is 2.00 bits per heavy atom. The molecule has 0 radical (unpaired) electrons. The van der Waals surface area contributed by atoms with Crippen molar-refractivity contribution >= 4 is 11.8 Å². The van der Waals surface area contributed by atoms with Gasteiger partial charge in [0, 0.05) is 36.4 Å². The number of aliphatic hydroxyl groups excluding tert-OH is 1. The molecular formula is C26H21N5O3. The first-order chi connectivity index (χ1) is 16.6. The number of imidazole rings is 1. The first-order valence-corrected chi connectivity index (χ1v) is 11.1. The molecule has 0 unspecified atom stereocenters. The summed E-state index contributed by atoms with van der Waals surface area (Å²) in [4.78, 5) is 18.7. The Hall–Kier alpha value is -4.35. The Balaban J connectivity index is 1.44. The molecule has 2 aromatic carbocycles. The Morgan fingerprint density at radius 1 is 1.18 bits per heavy atom. The van der Waals surface area contributed by atoms with Gasteiger partial charge in [-0.2, -0.15) is 5.26 Å². The topological polar surface area (TPSA) is 96.3 Å². The standard InChI is InChI=1S/C26H21N5O3/c1-16-24(15-32)34-26(33)31(16)21-6-7-22-20(10-21)14-29-13-19(18-4-2-17(12-27)3-5-18)11-23(29)25-28-8-9-30(22)25/h2-11,13,16,24,32H,14-15H2,1H3/t16-,24+/m0/s1. The first-order valence-electron chi connectivity index (χ1n) is 11.1. The molecule has 8 nitrogen and oxygen atoms in total. The van der Waals surface area contributed by atoms with Crippen LogP contribution in [-0.4, -0.2) is 44.1 Å². The molecule has 4 aromatic rings. The van der Waals surface area contributed by atoms with Gasteiger partial charge in [0.2, 0.25) is 0 Å². The second-order valence-electron chi connectivity index (χ2n) is 8.58. The van der Waals surface area contributed by atoms with E-state index < -0.39 is 12.2 Å². The van der Waals surface area contributed by atoms with Crippen molar-refractivity contribution < 1.29 is 14.6 Å². The maximum absolute atomic E-state index is 12.5. The third-order valence-corrected chi connectivity index (χ3v) is 6.63. The van der Waals surface area contributed by atoms with Crippen molar-refractivity contribution in [3.63, 3.8) is 0 Å². The monoisotopic (exact) mass is 451 g/mol. The summed E-state index contributed by atoms with van der Waals surface area (Å²) in [5.41, 5.74) is 6.43. The van der Waals surface area contributed by atoms with E-state index in [1.54, 1.807) is 11.1 Å². The van der Waals surface area contributed by atoms with Gasteiger partial charge in [-0.15, -0.1) is 0 Å². The van der Waals surface area contributed by atoms with Gasteiger partial charge in [-0.05, 0) is 54.4 Å². The Morgan fingerprint density at radius 3 is 2.74 bits per heavy atom. The number of fused-ring (bicyclic) bond motifs is 5. The highest BCUT2D eigenvalue weighted by Gasteiger charge is 2.39. The number of carbonyl (C=O) groups excluding carboxylic acids is 1. The molecular weight excluding hydrogens is 430 g/mol. The maximum atomic E-state index is 12.5. The van der Waals surface area contributed by atoms with Crippen LogP contribution in [0.4, 0.5) is 10.5 Å². The highest BCUT2D eigenvalue weighted by molar-refractivity contribution is 5.91. The number of anilines is 1. The average molecular weight is 451 g/mol. The van der Waals surface area contributed by atoms with Crippen LogP contribution in [0.3, 0.4) is 0 Å². The molecule has 2 atom stereocenters. The van der Waals surface area contributed by atoms with Gasteiger partial charge in [0.05, 0.1) is 35.7 Å². The van der Waals surface area contributed by atoms with E-state index in [4.69, 9.17) is 10.00 Å². The number of rotatable bonds is 3. The lowest BCUT2D eigenvalue weighted by Crippen LogP contribution is -2.35. The molecule has 2 aromatic heterocycles. The summed E-state index contributed by atoms with van der Waals surface area (Å²) >= 11 is 0. The Kier molecular flexibility index (Phi) is 4.54. The zero-order valence-electron chi connectivity index (χ0n) is 18.4. The molecule has 1 saturated heterocycles.